The van der Waals surface area contributed by atoms with Gasteiger partial charge in [-0.15, -0.1) is 0 Å². The number of halogens is 1. The number of nitrogens with one attached hydrogen (secondary N) is 2. The van der Waals surface area contributed by atoms with Crippen molar-refractivity contribution in [1.82, 2.24) is 10.0 Å². The molecule has 0 radical (unpaired) electrons. The minimum absolute atomic E-state index is 0.0366. The maximum absolute atomic E-state index is 12.4. The predicted octanol–water partition coefficient (Wildman–Crippen LogP) is 2.07. The van der Waals surface area contributed by atoms with Crippen molar-refractivity contribution in [3.8, 4) is 11.5 Å². The summed E-state index contributed by atoms with van der Waals surface area (Å²) in [6.07, 6.45) is 0. The molecule has 0 fully saturated rings. The molecule has 7 nitrogen and oxygen atoms in total. The first-order valence-corrected chi connectivity index (χ1v) is 9.52. The largest absolute Gasteiger partial charge is 0.496 e. The van der Waals surface area contributed by atoms with Crippen LogP contribution < -0.4 is 19.5 Å². The molecule has 2 rings (SSSR count). The molecule has 140 valence electrons. The van der Waals surface area contributed by atoms with Crippen LogP contribution in [-0.4, -0.2) is 41.6 Å². The molecule has 0 heterocycles. The number of carbonyl (C=O) groups is 1. The molecule has 0 atom stereocenters. The number of amides is 1. The van der Waals surface area contributed by atoms with E-state index in [9.17, 15) is 13.2 Å². The monoisotopic (exact) mass is 398 g/mol. The fraction of sp³-hybridized carbons (Fsp3) is 0.235. The van der Waals surface area contributed by atoms with Crippen LogP contribution in [0.4, 0.5) is 0 Å². The Bertz CT molecular complexity index is 886. The van der Waals surface area contributed by atoms with Crippen LogP contribution in [-0.2, 0) is 10.0 Å². The molecule has 26 heavy (non-hydrogen) atoms. The van der Waals surface area contributed by atoms with Crippen molar-refractivity contribution in [3.63, 3.8) is 0 Å². The van der Waals surface area contributed by atoms with Gasteiger partial charge in [-0.25, -0.2) is 13.1 Å². The lowest BCUT2D eigenvalue weighted by Crippen LogP contribution is -2.28. The van der Waals surface area contributed by atoms with Gasteiger partial charge in [0.05, 0.1) is 22.6 Å². The van der Waals surface area contributed by atoms with Crippen LogP contribution in [0.3, 0.4) is 0 Å². The van der Waals surface area contributed by atoms with Crippen molar-refractivity contribution in [2.45, 2.75) is 4.90 Å². The van der Waals surface area contributed by atoms with E-state index in [1.807, 2.05) is 0 Å². The fourth-order valence-corrected chi connectivity index (χ4v) is 3.38. The number of methoxy groups -OCH3 is 1. The Morgan fingerprint density at radius 2 is 1.88 bits per heavy atom. The third kappa shape index (κ3) is 4.87. The van der Waals surface area contributed by atoms with E-state index in [-0.39, 0.29) is 29.4 Å². The summed E-state index contributed by atoms with van der Waals surface area (Å²) in [5, 5.41) is 2.89. The zero-order chi connectivity index (χ0) is 19.2. The van der Waals surface area contributed by atoms with Crippen molar-refractivity contribution in [2.75, 3.05) is 27.3 Å². The number of carbonyl (C=O) groups excluding carboxylic acids is 1. The van der Waals surface area contributed by atoms with Crippen LogP contribution in [0.15, 0.2) is 47.4 Å². The summed E-state index contributed by atoms with van der Waals surface area (Å²) in [6, 6.07) is 11.0. The lowest BCUT2D eigenvalue weighted by molar-refractivity contribution is 0.0960. The second kappa shape index (κ2) is 8.88. The van der Waals surface area contributed by atoms with Crippen molar-refractivity contribution in [3.05, 3.63) is 53.1 Å². The predicted molar refractivity (Wildman–Crippen MR) is 98.5 cm³/mol. The molecule has 0 unspecified atom stereocenters. The van der Waals surface area contributed by atoms with Gasteiger partial charge >= 0.3 is 0 Å². The molecule has 0 aliphatic carbocycles. The highest BCUT2D eigenvalue weighted by Gasteiger charge is 2.19. The van der Waals surface area contributed by atoms with Crippen molar-refractivity contribution >= 4 is 27.5 Å². The Hall–Kier alpha value is -2.29. The van der Waals surface area contributed by atoms with Crippen LogP contribution in [0.5, 0.6) is 11.5 Å². The summed E-state index contributed by atoms with van der Waals surface area (Å²) in [5.41, 5.74) is 0.130. The molecular formula is C17H19ClN2O5S. The van der Waals surface area contributed by atoms with E-state index in [0.29, 0.717) is 10.8 Å². The van der Waals surface area contributed by atoms with Crippen LogP contribution in [0.2, 0.25) is 5.02 Å². The van der Waals surface area contributed by atoms with E-state index in [2.05, 4.69) is 10.0 Å². The van der Waals surface area contributed by atoms with Crippen LogP contribution in [0.25, 0.3) is 0 Å². The van der Waals surface area contributed by atoms with Gasteiger partial charge in [0.1, 0.15) is 18.1 Å². The average Bonchev–Trinajstić information content (AvgIpc) is 2.65. The highest BCUT2D eigenvalue weighted by Crippen LogP contribution is 2.23. The summed E-state index contributed by atoms with van der Waals surface area (Å²) >= 11 is 5.96. The first-order chi connectivity index (χ1) is 12.4. The van der Waals surface area contributed by atoms with E-state index in [1.54, 1.807) is 24.3 Å². The van der Waals surface area contributed by atoms with E-state index >= 15 is 0 Å². The summed E-state index contributed by atoms with van der Waals surface area (Å²) in [4.78, 5) is 11.8. The molecule has 2 N–H and O–H groups in total. The third-order valence-corrected chi connectivity index (χ3v) is 5.21. The molecule has 0 spiro atoms. The van der Waals surface area contributed by atoms with Crippen molar-refractivity contribution in [2.24, 2.45) is 0 Å². The molecular weight excluding hydrogens is 380 g/mol. The van der Waals surface area contributed by atoms with E-state index in [0.717, 1.165) is 0 Å². The fourth-order valence-electron chi connectivity index (χ4n) is 2.15. The normalized spacial score (nSPS) is 11.0. The number of hydrogen-bond acceptors (Lipinski definition) is 5. The Balaban J connectivity index is 2.05. The van der Waals surface area contributed by atoms with Gasteiger partial charge < -0.3 is 14.8 Å². The molecule has 2 aromatic rings. The van der Waals surface area contributed by atoms with Gasteiger partial charge in [-0.1, -0.05) is 23.7 Å². The minimum atomic E-state index is -3.81. The third-order valence-electron chi connectivity index (χ3n) is 3.44. The zero-order valence-electron chi connectivity index (χ0n) is 14.3. The Morgan fingerprint density at radius 3 is 2.54 bits per heavy atom. The molecule has 9 heteroatoms. The van der Waals surface area contributed by atoms with Gasteiger partial charge in [0.2, 0.25) is 10.0 Å². The lowest BCUT2D eigenvalue weighted by atomic mass is 10.2. The smallest absolute Gasteiger partial charge is 0.254 e. The maximum Gasteiger partial charge on any atom is 0.254 e. The standard InChI is InChI=1S/C17H19ClN2O5S/c1-19-17(21)13-11-12(7-8-15(13)24-2)26(22,23)20-9-10-25-16-6-4-3-5-14(16)18/h3-8,11,20H,9-10H2,1-2H3,(H,19,21). The minimum Gasteiger partial charge on any atom is -0.496 e. The summed E-state index contributed by atoms with van der Waals surface area (Å²) in [7, 11) is -0.958. The number of benzene rings is 2. The van der Waals surface area contributed by atoms with Gasteiger partial charge in [0.15, 0.2) is 0 Å². The molecule has 0 saturated heterocycles. The van der Waals surface area contributed by atoms with E-state index in [1.165, 1.54) is 32.4 Å². The molecule has 1 amide bonds. The SMILES string of the molecule is CNC(=O)c1cc(S(=O)(=O)NCCOc2ccccc2Cl)ccc1OC. The van der Waals surface area contributed by atoms with Crippen LogP contribution in [0, 0.1) is 0 Å². The lowest BCUT2D eigenvalue weighted by Gasteiger charge is -2.12. The number of para-hydroxylation sites is 1. The van der Waals surface area contributed by atoms with E-state index in [4.69, 9.17) is 21.1 Å². The Morgan fingerprint density at radius 1 is 1.15 bits per heavy atom. The Kier molecular flexibility index (Phi) is 6.84. The number of hydrogen-bond donors (Lipinski definition) is 2. The van der Waals surface area contributed by atoms with Crippen molar-refractivity contribution in [1.29, 1.82) is 0 Å². The summed E-state index contributed by atoms with van der Waals surface area (Å²) < 4.78 is 37.8. The van der Waals surface area contributed by atoms with E-state index < -0.39 is 15.9 Å². The summed E-state index contributed by atoms with van der Waals surface area (Å²) in [5.74, 6) is 0.311. The zero-order valence-corrected chi connectivity index (χ0v) is 15.9. The quantitative estimate of drug-likeness (QED) is 0.664. The van der Waals surface area contributed by atoms with Crippen LogP contribution >= 0.6 is 11.6 Å². The van der Waals surface area contributed by atoms with Gasteiger partial charge in [-0.3, -0.25) is 4.79 Å². The number of rotatable bonds is 8. The summed E-state index contributed by atoms with van der Waals surface area (Å²) in [6.45, 7) is 0.135. The Labute approximate surface area is 157 Å². The van der Waals surface area contributed by atoms with Gasteiger partial charge in [-0.2, -0.15) is 0 Å². The average molecular weight is 399 g/mol. The number of sulfonamides is 1. The first-order valence-electron chi connectivity index (χ1n) is 7.66. The second-order valence-corrected chi connectivity index (χ2v) is 7.29. The topological polar surface area (TPSA) is 93.7 Å². The highest BCUT2D eigenvalue weighted by atomic mass is 35.5. The van der Waals surface area contributed by atoms with Gasteiger partial charge in [0.25, 0.3) is 5.91 Å². The molecule has 2 aromatic carbocycles. The number of ether oxygens (including phenoxy) is 2. The molecule has 0 aromatic heterocycles. The van der Waals surface area contributed by atoms with Crippen molar-refractivity contribution < 1.29 is 22.7 Å². The highest BCUT2D eigenvalue weighted by molar-refractivity contribution is 7.89. The van der Waals surface area contributed by atoms with Gasteiger partial charge in [-0.05, 0) is 30.3 Å². The maximum atomic E-state index is 12.4. The first kappa shape index (κ1) is 20.0. The molecule has 0 bridgehead atoms. The molecule has 0 aliphatic rings. The molecule has 0 saturated carbocycles. The second-order valence-electron chi connectivity index (χ2n) is 5.12. The van der Waals surface area contributed by atoms with Gasteiger partial charge in [0, 0.05) is 13.6 Å². The van der Waals surface area contributed by atoms with Crippen LogP contribution in [0.1, 0.15) is 10.4 Å². The molecule has 0 aliphatic heterocycles.